The molecule has 0 aromatic carbocycles. The molecule has 0 aromatic rings. The maximum absolute atomic E-state index is 11.8. The van der Waals surface area contributed by atoms with Crippen LogP contribution in [0.15, 0.2) is 0 Å². The Bertz CT molecular complexity index is 840. The molecule has 17 atom stereocenters. The van der Waals surface area contributed by atoms with Crippen LogP contribution in [0.5, 0.6) is 0 Å². The largest absolute Gasteiger partial charge is 0.394 e. The number of hydrogen-bond donors (Lipinski definition) is 13. The van der Waals surface area contributed by atoms with E-state index < -0.39 is 130 Å². The zero-order valence-electron chi connectivity index (χ0n) is 21.8. The summed E-state index contributed by atoms with van der Waals surface area (Å²) in [5, 5.41) is 124. The summed E-state index contributed by atoms with van der Waals surface area (Å²) < 4.78 is 27.3. The fraction of sp³-hybridized carbons (Fsp3) is 0.955. The van der Waals surface area contributed by atoms with E-state index in [1.54, 1.807) is 0 Å². The smallest absolute Gasteiger partial charge is 0.217 e. The van der Waals surface area contributed by atoms with Crippen molar-refractivity contribution in [2.75, 3.05) is 19.8 Å². The Morgan fingerprint density at radius 3 is 1.80 bits per heavy atom. The molecule has 0 bridgehead atoms. The van der Waals surface area contributed by atoms with Crippen molar-refractivity contribution in [2.45, 2.75) is 111 Å². The second-order valence-corrected chi connectivity index (χ2v) is 10.1. The Hall–Kier alpha value is -1.21. The molecule has 3 aliphatic heterocycles. The highest BCUT2D eigenvalue weighted by atomic mass is 16.8. The molecule has 3 saturated heterocycles. The second kappa shape index (κ2) is 14.5. The van der Waals surface area contributed by atoms with Crippen LogP contribution < -0.4 is 5.32 Å². The number of nitrogens with one attached hydrogen (secondary N) is 1. The van der Waals surface area contributed by atoms with Gasteiger partial charge in [-0.1, -0.05) is 0 Å². The molecule has 0 aliphatic carbocycles. The summed E-state index contributed by atoms with van der Waals surface area (Å²) in [4.78, 5) is 11.8. The summed E-state index contributed by atoms with van der Waals surface area (Å²) in [6.45, 7) is -1.64. The molecule has 0 unspecified atom stereocenters. The van der Waals surface area contributed by atoms with Crippen LogP contribution in [0.25, 0.3) is 0 Å². The Balaban J connectivity index is 1.96. The van der Waals surface area contributed by atoms with Gasteiger partial charge in [0, 0.05) is 6.92 Å². The van der Waals surface area contributed by atoms with Crippen LogP contribution in [0.4, 0.5) is 0 Å². The molecule has 240 valence electrons. The molecule has 19 heteroatoms. The Morgan fingerprint density at radius 2 is 1.27 bits per heavy atom. The highest BCUT2D eigenvalue weighted by molar-refractivity contribution is 5.73. The number of aliphatic hydroxyl groups is 12. The fourth-order valence-electron chi connectivity index (χ4n) is 4.89. The van der Waals surface area contributed by atoms with E-state index in [-0.39, 0.29) is 0 Å². The molecule has 3 rings (SSSR count). The van der Waals surface area contributed by atoms with E-state index in [1.807, 2.05) is 0 Å². The molecule has 0 aromatic heterocycles. The third-order valence-electron chi connectivity index (χ3n) is 7.15. The highest BCUT2D eigenvalue weighted by Crippen LogP contribution is 2.34. The molecule has 41 heavy (non-hydrogen) atoms. The summed E-state index contributed by atoms with van der Waals surface area (Å²) in [6.07, 6.45) is -29.6. The first-order valence-electron chi connectivity index (χ1n) is 12.8. The van der Waals surface area contributed by atoms with Crippen LogP contribution in [0.2, 0.25) is 0 Å². The number of aliphatic hydroxyl groups excluding tert-OH is 12. The molecule has 3 fully saturated rings. The third-order valence-corrected chi connectivity index (χ3v) is 7.15. The van der Waals surface area contributed by atoms with Gasteiger partial charge in [0.25, 0.3) is 0 Å². The van der Waals surface area contributed by atoms with Crippen LogP contribution >= 0.6 is 0 Å². The second-order valence-electron chi connectivity index (χ2n) is 10.1. The number of carbonyl (C=O) groups excluding carboxylic acids is 1. The number of rotatable bonds is 10. The lowest BCUT2D eigenvalue weighted by Gasteiger charge is -2.49. The lowest BCUT2D eigenvalue weighted by molar-refractivity contribution is -0.386. The zero-order valence-corrected chi connectivity index (χ0v) is 21.8. The van der Waals surface area contributed by atoms with Gasteiger partial charge in [-0.05, 0) is 0 Å². The Labute approximate surface area is 232 Å². The quantitative estimate of drug-likeness (QED) is 0.110. The van der Waals surface area contributed by atoms with Gasteiger partial charge in [-0.2, -0.15) is 0 Å². The van der Waals surface area contributed by atoms with Gasteiger partial charge in [-0.15, -0.1) is 0 Å². The van der Waals surface area contributed by atoms with Gasteiger partial charge in [0.2, 0.25) is 5.91 Å². The molecule has 13 N–H and O–H groups in total. The summed E-state index contributed by atoms with van der Waals surface area (Å²) >= 11 is 0. The van der Waals surface area contributed by atoms with Crippen molar-refractivity contribution in [2.24, 2.45) is 0 Å². The molecule has 1 amide bonds. The average molecular weight is 606 g/mol. The minimum absolute atomic E-state index is 0.712. The first kappa shape index (κ1) is 34.3. The van der Waals surface area contributed by atoms with Gasteiger partial charge >= 0.3 is 0 Å². The summed E-state index contributed by atoms with van der Waals surface area (Å²) in [5.74, 6) is -0.712. The van der Waals surface area contributed by atoms with Crippen LogP contribution in [0.3, 0.4) is 0 Å². The van der Waals surface area contributed by atoms with E-state index in [9.17, 15) is 66.1 Å². The number of amides is 1. The van der Waals surface area contributed by atoms with E-state index in [4.69, 9.17) is 23.7 Å². The highest BCUT2D eigenvalue weighted by Gasteiger charge is 2.55. The third kappa shape index (κ3) is 7.30. The molecule has 19 nitrogen and oxygen atoms in total. The standard InChI is InChI=1S/C22H39NO18/c1-5(27)23-9-11(31)10(30)8(4-26)37-21(9)41-19-13(33)12(32)16(6(28)2-24)39-22(19)40-18-14(34)17(7(29)3-25)38-20(36)15(18)35/h6-22,24-26,28-36H,2-4H2,1H3,(H,23,27)/t6-,7-,8+,9+,10+,11+,12-,13-,14+,15-,16+,17+,18-,19-,20-,21+,22+/m0/s1. The Kier molecular flexibility index (Phi) is 12.1. The molecule has 0 radical (unpaired) electrons. The lowest BCUT2D eigenvalue weighted by atomic mass is 9.93. The molecular weight excluding hydrogens is 566 g/mol. The normalized spacial score (nSPS) is 47.0. The monoisotopic (exact) mass is 605 g/mol. The average Bonchev–Trinajstić information content (AvgIpc) is 2.94. The summed E-state index contributed by atoms with van der Waals surface area (Å²) in [7, 11) is 0. The van der Waals surface area contributed by atoms with Gasteiger partial charge in [-0.25, -0.2) is 0 Å². The SMILES string of the molecule is CC(=O)N[C@H]1[C@@H](O[C@@H]2[C@@H](O[C@H]3[C@H](O)[C@@H]([C@@H](O)CO)O[C@H](O)[C@H]3O)O[C@H]([C@@H](O)CO)[C@@H](O)[C@@H]2O)O[C@H](CO)[C@@H](O)[C@@H]1O. The van der Waals surface area contributed by atoms with Crippen LogP contribution in [-0.2, 0) is 28.5 Å². The van der Waals surface area contributed by atoms with Gasteiger partial charge in [-0.3, -0.25) is 4.79 Å². The van der Waals surface area contributed by atoms with Crippen molar-refractivity contribution in [3.05, 3.63) is 0 Å². The fourth-order valence-corrected chi connectivity index (χ4v) is 4.89. The van der Waals surface area contributed by atoms with Crippen molar-refractivity contribution >= 4 is 5.91 Å². The molecule has 3 heterocycles. The lowest BCUT2D eigenvalue weighted by Crippen LogP contribution is -2.69. The maximum Gasteiger partial charge on any atom is 0.217 e. The number of ether oxygens (including phenoxy) is 5. The van der Waals surface area contributed by atoms with Gasteiger partial charge < -0.3 is 90.3 Å². The molecule has 0 saturated carbocycles. The van der Waals surface area contributed by atoms with E-state index in [0.29, 0.717) is 0 Å². The van der Waals surface area contributed by atoms with E-state index in [2.05, 4.69) is 5.32 Å². The van der Waals surface area contributed by atoms with Crippen LogP contribution in [0, 0.1) is 0 Å². The van der Waals surface area contributed by atoms with Crippen molar-refractivity contribution in [1.82, 2.24) is 5.32 Å². The van der Waals surface area contributed by atoms with Crippen molar-refractivity contribution in [3.8, 4) is 0 Å². The van der Waals surface area contributed by atoms with Gasteiger partial charge in [0.05, 0.1) is 19.8 Å². The minimum Gasteiger partial charge on any atom is -0.394 e. The predicted octanol–water partition coefficient (Wildman–Crippen LogP) is -8.71. The van der Waals surface area contributed by atoms with Crippen LogP contribution in [0.1, 0.15) is 6.92 Å². The minimum atomic E-state index is -2.07. The maximum atomic E-state index is 11.8. The summed E-state index contributed by atoms with van der Waals surface area (Å²) in [5.41, 5.74) is 0. The van der Waals surface area contributed by atoms with Gasteiger partial charge in [0.15, 0.2) is 18.9 Å². The van der Waals surface area contributed by atoms with Crippen molar-refractivity contribution < 1.29 is 89.8 Å². The molecular formula is C22H39NO18. The topological polar surface area (TPSA) is 318 Å². The summed E-state index contributed by atoms with van der Waals surface area (Å²) in [6, 6.07) is -1.53. The van der Waals surface area contributed by atoms with Gasteiger partial charge in [0.1, 0.15) is 85.4 Å². The molecule has 3 aliphatic rings. The number of hydrogen-bond acceptors (Lipinski definition) is 18. The van der Waals surface area contributed by atoms with E-state index in [0.717, 1.165) is 6.92 Å². The first-order chi connectivity index (χ1) is 19.3. The Morgan fingerprint density at radius 1 is 0.707 bits per heavy atom. The zero-order chi connectivity index (χ0) is 30.8. The van der Waals surface area contributed by atoms with Crippen molar-refractivity contribution in [1.29, 1.82) is 0 Å². The van der Waals surface area contributed by atoms with E-state index in [1.165, 1.54) is 0 Å². The first-order valence-corrected chi connectivity index (χ1v) is 12.8. The molecule has 0 spiro atoms. The van der Waals surface area contributed by atoms with E-state index >= 15 is 0 Å². The predicted molar refractivity (Wildman–Crippen MR) is 125 cm³/mol. The van der Waals surface area contributed by atoms with Crippen molar-refractivity contribution in [3.63, 3.8) is 0 Å². The van der Waals surface area contributed by atoms with Crippen LogP contribution in [-0.4, -0.2) is 191 Å². The number of carbonyl (C=O) groups is 1.